The number of esters is 4. The van der Waals surface area contributed by atoms with E-state index in [1.807, 2.05) is 0 Å². The molecule has 594 valence electrons. The van der Waals surface area contributed by atoms with Gasteiger partial charge in [0.05, 0.1) is 26.4 Å². The van der Waals surface area contributed by atoms with E-state index in [0.29, 0.717) is 25.7 Å². The molecule has 0 rings (SSSR count). The summed E-state index contributed by atoms with van der Waals surface area (Å²) in [5.41, 5.74) is 0. The maximum atomic E-state index is 13.1. The Bertz CT molecular complexity index is 1930. The summed E-state index contributed by atoms with van der Waals surface area (Å²) in [7, 11) is -9.92. The molecule has 0 aromatic heterocycles. The highest BCUT2D eigenvalue weighted by Crippen LogP contribution is 2.45. The predicted octanol–water partition coefficient (Wildman–Crippen LogP) is 24.3. The minimum absolute atomic E-state index is 0.107. The Labute approximate surface area is 613 Å². The maximum absolute atomic E-state index is 13.1. The van der Waals surface area contributed by atoms with Gasteiger partial charge in [-0.25, -0.2) is 9.13 Å². The van der Waals surface area contributed by atoms with Gasteiger partial charge < -0.3 is 33.8 Å². The van der Waals surface area contributed by atoms with Crippen molar-refractivity contribution in [1.29, 1.82) is 0 Å². The van der Waals surface area contributed by atoms with Crippen LogP contribution in [0.5, 0.6) is 0 Å². The molecule has 0 radical (unpaired) electrons. The molecule has 0 aromatic carbocycles. The van der Waals surface area contributed by atoms with Gasteiger partial charge in [0.2, 0.25) is 0 Å². The van der Waals surface area contributed by atoms with Crippen molar-refractivity contribution < 1.29 is 80.2 Å². The summed E-state index contributed by atoms with van der Waals surface area (Å²) in [5, 5.41) is 10.6. The second-order valence-electron chi connectivity index (χ2n) is 29.9. The van der Waals surface area contributed by atoms with Gasteiger partial charge in [0, 0.05) is 25.7 Å². The summed E-state index contributed by atoms with van der Waals surface area (Å²) in [6, 6.07) is 0. The van der Waals surface area contributed by atoms with E-state index in [0.717, 1.165) is 102 Å². The van der Waals surface area contributed by atoms with Gasteiger partial charge in [-0.15, -0.1) is 0 Å². The fraction of sp³-hybridized carbons (Fsp3) is 0.951. The number of aliphatic hydroxyl groups is 1. The molecule has 17 nitrogen and oxygen atoms in total. The first kappa shape index (κ1) is 98.1. The summed E-state index contributed by atoms with van der Waals surface area (Å²) in [5.74, 6) is -0.560. The molecule has 0 saturated carbocycles. The Morgan fingerprint density at radius 1 is 0.290 bits per heavy atom. The lowest BCUT2D eigenvalue weighted by Crippen LogP contribution is -2.30. The molecular formula is C81H158O17P2. The molecule has 0 spiro atoms. The van der Waals surface area contributed by atoms with Crippen molar-refractivity contribution >= 4 is 39.5 Å². The summed E-state index contributed by atoms with van der Waals surface area (Å²) in [6.45, 7) is 9.64. The molecule has 0 fully saturated rings. The maximum Gasteiger partial charge on any atom is 0.472 e. The van der Waals surface area contributed by atoms with Crippen LogP contribution < -0.4 is 0 Å². The van der Waals surface area contributed by atoms with Gasteiger partial charge in [0.25, 0.3) is 0 Å². The van der Waals surface area contributed by atoms with Gasteiger partial charge in [-0.3, -0.25) is 37.3 Å². The number of phosphoric ester groups is 2. The Kier molecular flexibility index (Phi) is 71.2. The van der Waals surface area contributed by atoms with Crippen molar-refractivity contribution in [2.45, 2.75) is 445 Å². The first-order valence-electron chi connectivity index (χ1n) is 42.0. The number of carbonyl (C=O) groups is 4. The molecule has 0 aromatic rings. The van der Waals surface area contributed by atoms with Gasteiger partial charge >= 0.3 is 39.5 Å². The summed E-state index contributed by atoms with van der Waals surface area (Å²) in [4.78, 5) is 73.0. The van der Waals surface area contributed by atoms with Crippen molar-refractivity contribution in [3.8, 4) is 0 Å². The summed E-state index contributed by atoms with van der Waals surface area (Å²) in [6.07, 6.45) is 62.4. The van der Waals surface area contributed by atoms with Gasteiger partial charge in [0.1, 0.15) is 19.3 Å². The molecule has 19 heteroatoms. The van der Waals surface area contributed by atoms with Crippen molar-refractivity contribution in [3.63, 3.8) is 0 Å². The van der Waals surface area contributed by atoms with Crippen LogP contribution in [0.2, 0.25) is 0 Å². The fourth-order valence-electron chi connectivity index (χ4n) is 12.5. The lowest BCUT2D eigenvalue weighted by Gasteiger charge is -2.21. The normalized spacial score (nSPS) is 14.2. The third-order valence-electron chi connectivity index (χ3n) is 19.3. The van der Waals surface area contributed by atoms with Gasteiger partial charge in [-0.05, 0) is 37.5 Å². The topological polar surface area (TPSA) is 237 Å². The highest BCUT2D eigenvalue weighted by molar-refractivity contribution is 7.47. The quantitative estimate of drug-likeness (QED) is 0.0222. The molecule has 0 bridgehead atoms. The van der Waals surface area contributed by atoms with Crippen LogP contribution in [0, 0.1) is 11.8 Å². The zero-order valence-corrected chi connectivity index (χ0v) is 67.3. The number of aliphatic hydroxyl groups excluding tert-OH is 1. The lowest BCUT2D eigenvalue weighted by molar-refractivity contribution is -0.161. The Balaban J connectivity index is 5.23. The van der Waals surface area contributed by atoms with Crippen molar-refractivity contribution in [3.05, 3.63) is 0 Å². The number of hydrogen-bond donors (Lipinski definition) is 3. The second kappa shape index (κ2) is 72.6. The van der Waals surface area contributed by atoms with Crippen LogP contribution in [0.4, 0.5) is 0 Å². The van der Waals surface area contributed by atoms with Crippen LogP contribution >= 0.6 is 15.6 Å². The number of ether oxygens (including phenoxy) is 4. The third-order valence-corrected chi connectivity index (χ3v) is 21.2. The van der Waals surface area contributed by atoms with E-state index in [2.05, 4.69) is 41.5 Å². The third kappa shape index (κ3) is 73.0. The minimum Gasteiger partial charge on any atom is -0.462 e. The number of unbranched alkanes of at least 4 members (excludes halogenated alkanes) is 49. The van der Waals surface area contributed by atoms with Crippen LogP contribution in [-0.2, 0) is 65.4 Å². The average Bonchev–Trinajstić information content (AvgIpc) is 1.18. The van der Waals surface area contributed by atoms with E-state index < -0.39 is 97.5 Å². The minimum atomic E-state index is -4.96. The predicted molar refractivity (Wildman–Crippen MR) is 409 cm³/mol. The van der Waals surface area contributed by atoms with Gasteiger partial charge in [0.15, 0.2) is 12.2 Å². The molecule has 6 atom stereocenters. The highest BCUT2D eigenvalue weighted by atomic mass is 31.2. The lowest BCUT2D eigenvalue weighted by atomic mass is 9.99. The smallest absolute Gasteiger partial charge is 0.462 e. The van der Waals surface area contributed by atoms with E-state index in [4.69, 9.17) is 37.0 Å². The Hall–Kier alpha value is -1.94. The van der Waals surface area contributed by atoms with E-state index in [-0.39, 0.29) is 25.7 Å². The van der Waals surface area contributed by atoms with E-state index in [1.54, 1.807) is 0 Å². The van der Waals surface area contributed by atoms with E-state index in [1.165, 1.54) is 244 Å². The van der Waals surface area contributed by atoms with Crippen LogP contribution in [0.25, 0.3) is 0 Å². The molecule has 0 aliphatic carbocycles. The Morgan fingerprint density at radius 3 is 0.760 bits per heavy atom. The zero-order valence-electron chi connectivity index (χ0n) is 65.5. The molecular weight excluding hydrogens is 1310 g/mol. The molecule has 3 N–H and O–H groups in total. The number of carbonyl (C=O) groups excluding carboxylic acids is 4. The van der Waals surface area contributed by atoms with Crippen molar-refractivity contribution in [1.82, 2.24) is 0 Å². The van der Waals surface area contributed by atoms with Crippen LogP contribution in [0.3, 0.4) is 0 Å². The largest absolute Gasteiger partial charge is 0.472 e. The van der Waals surface area contributed by atoms with Crippen molar-refractivity contribution in [2.75, 3.05) is 39.6 Å². The van der Waals surface area contributed by atoms with E-state index in [9.17, 15) is 43.2 Å². The number of hydrogen-bond acceptors (Lipinski definition) is 15. The average molecular weight is 1470 g/mol. The zero-order chi connectivity index (χ0) is 73.5. The first-order chi connectivity index (χ1) is 48.4. The summed E-state index contributed by atoms with van der Waals surface area (Å²) >= 11 is 0. The number of phosphoric acid groups is 2. The molecule has 0 aliphatic rings. The molecule has 3 unspecified atom stereocenters. The van der Waals surface area contributed by atoms with Crippen LogP contribution in [-0.4, -0.2) is 96.7 Å². The molecule has 0 heterocycles. The van der Waals surface area contributed by atoms with E-state index >= 15 is 0 Å². The van der Waals surface area contributed by atoms with Crippen molar-refractivity contribution in [2.24, 2.45) is 11.8 Å². The molecule has 0 amide bonds. The monoisotopic (exact) mass is 1470 g/mol. The Morgan fingerprint density at radius 2 is 0.510 bits per heavy atom. The SMILES string of the molecule is CCCCCCCCCCCCCCCCCCCCCCCC(=O)O[C@H](COC(=O)CCCCCCCCCCCCCC(C)C)COP(=O)(O)OC[C@@H](O)COP(=O)(O)OC[C@@H](COC(=O)CCCCCCCCCCC(C)CC)OC(=O)CCCCCCCCCCCCCCC. The van der Waals surface area contributed by atoms with Crippen LogP contribution in [0.1, 0.15) is 427 Å². The highest BCUT2D eigenvalue weighted by Gasteiger charge is 2.30. The molecule has 0 saturated heterocycles. The summed E-state index contributed by atoms with van der Waals surface area (Å²) < 4.78 is 68.7. The van der Waals surface area contributed by atoms with Gasteiger partial charge in [-0.2, -0.15) is 0 Å². The second-order valence-corrected chi connectivity index (χ2v) is 32.8. The molecule has 100 heavy (non-hydrogen) atoms. The molecule has 0 aliphatic heterocycles. The van der Waals surface area contributed by atoms with Gasteiger partial charge in [-0.1, -0.05) is 375 Å². The fourth-order valence-corrected chi connectivity index (χ4v) is 14.1. The first-order valence-corrected chi connectivity index (χ1v) is 45.0. The van der Waals surface area contributed by atoms with Crippen LogP contribution in [0.15, 0.2) is 0 Å². The standard InChI is InChI=1S/C81H158O17P2/c1-7-10-12-14-16-18-20-22-23-24-25-26-27-28-29-31-35-40-48-54-60-66-81(86)97-76(69-91-78(83)63-57-51-45-38-36-32-33-37-43-49-55-61-73(4)5)71-95-99(87,88)93-67-75(82)68-94-100(89,90)96-72-77(70-92-79(84)64-58-52-46-42-41-44-50-56-62-74(6)9-3)98-80(85)65-59-53-47-39-34-30-21-19-17-15-13-11-8-2/h73-77,82H,7-72H2,1-6H3,(H,87,88)(H,89,90)/t74?,75-,76-,77-/m1/s1. The number of rotatable bonds is 80.